The Morgan fingerprint density at radius 3 is 2.69 bits per heavy atom. The van der Waals surface area contributed by atoms with Gasteiger partial charge in [0.25, 0.3) is 0 Å². The predicted octanol–water partition coefficient (Wildman–Crippen LogP) is 4.65. The molecule has 0 aromatic heterocycles. The van der Waals surface area contributed by atoms with Crippen LogP contribution in [0.4, 0.5) is 0 Å². The van der Waals surface area contributed by atoms with Crippen molar-refractivity contribution in [2.24, 2.45) is 5.41 Å². The van der Waals surface area contributed by atoms with Gasteiger partial charge in [0.1, 0.15) is 0 Å². The van der Waals surface area contributed by atoms with Crippen LogP contribution in [0.15, 0.2) is 34.9 Å². The Labute approximate surface area is 100 Å². The minimum absolute atomic E-state index is 0.315. The fourth-order valence-corrected chi connectivity index (χ4v) is 2.40. The fraction of sp³-hybridized carbons (Fsp3) is 0.500. The first kappa shape index (κ1) is 12.8. The van der Waals surface area contributed by atoms with Crippen LogP contribution >= 0.6 is 0 Å². The summed E-state index contributed by atoms with van der Waals surface area (Å²) in [7, 11) is 0. The highest BCUT2D eigenvalue weighted by Crippen LogP contribution is 2.40. The highest BCUT2D eigenvalue weighted by molar-refractivity contribution is 5.37. The van der Waals surface area contributed by atoms with E-state index in [9.17, 15) is 0 Å². The summed E-state index contributed by atoms with van der Waals surface area (Å²) >= 11 is 0. The van der Waals surface area contributed by atoms with E-state index in [1.807, 2.05) is 13.0 Å². The molecule has 0 N–H and O–H groups in total. The lowest BCUT2D eigenvalue weighted by Gasteiger charge is -2.32. The standard InChI is InChI=1S/C16H22/c1-6-8-13(2)10-11-15-14(3)9-7-12-16(15,4)5/h1,8,10-11H,7,9,12H2,2-5H3/b11-10+,13-8-. The van der Waals surface area contributed by atoms with Gasteiger partial charge in [-0.05, 0) is 55.7 Å². The second kappa shape index (κ2) is 5.21. The van der Waals surface area contributed by atoms with E-state index < -0.39 is 0 Å². The molecule has 0 heterocycles. The quantitative estimate of drug-likeness (QED) is 0.463. The van der Waals surface area contributed by atoms with Crippen LogP contribution < -0.4 is 0 Å². The highest BCUT2D eigenvalue weighted by Gasteiger charge is 2.26. The third-order valence-corrected chi connectivity index (χ3v) is 3.37. The van der Waals surface area contributed by atoms with Gasteiger partial charge in [-0.3, -0.25) is 0 Å². The molecule has 16 heavy (non-hydrogen) atoms. The average molecular weight is 214 g/mol. The summed E-state index contributed by atoms with van der Waals surface area (Å²) in [5.41, 5.74) is 4.48. The van der Waals surface area contributed by atoms with E-state index in [4.69, 9.17) is 6.42 Å². The van der Waals surface area contributed by atoms with E-state index in [0.29, 0.717) is 5.41 Å². The van der Waals surface area contributed by atoms with Gasteiger partial charge in [0.2, 0.25) is 0 Å². The molecule has 0 saturated heterocycles. The van der Waals surface area contributed by atoms with Crippen molar-refractivity contribution in [2.75, 3.05) is 0 Å². The van der Waals surface area contributed by atoms with Crippen LogP contribution in [0.25, 0.3) is 0 Å². The summed E-state index contributed by atoms with van der Waals surface area (Å²) in [5.74, 6) is 2.56. The Kier molecular flexibility index (Phi) is 4.19. The van der Waals surface area contributed by atoms with Gasteiger partial charge >= 0.3 is 0 Å². The fourth-order valence-electron chi connectivity index (χ4n) is 2.40. The molecule has 0 spiro atoms. The number of hydrogen-bond acceptors (Lipinski definition) is 0. The van der Waals surface area contributed by atoms with Gasteiger partial charge in [0.15, 0.2) is 0 Å². The summed E-state index contributed by atoms with van der Waals surface area (Å²) in [6, 6.07) is 0. The molecule has 0 unspecified atom stereocenters. The zero-order valence-electron chi connectivity index (χ0n) is 10.9. The predicted molar refractivity (Wildman–Crippen MR) is 72.1 cm³/mol. The Hall–Kier alpha value is -1.22. The molecule has 0 aliphatic heterocycles. The molecule has 0 aromatic rings. The van der Waals surface area contributed by atoms with E-state index in [0.717, 1.165) is 5.57 Å². The van der Waals surface area contributed by atoms with E-state index >= 15 is 0 Å². The van der Waals surface area contributed by atoms with Gasteiger partial charge in [-0.2, -0.15) is 0 Å². The summed E-state index contributed by atoms with van der Waals surface area (Å²) in [6.45, 7) is 8.95. The molecule has 0 heteroatoms. The summed E-state index contributed by atoms with van der Waals surface area (Å²) in [4.78, 5) is 0. The Morgan fingerprint density at radius 1 is 1.44 bits per heavy atom. The van der Waals surface area contributed by atoms with Gasteiger partial charge < -0.3 is 0 Å². The molecular weight excluding hydrogens is 192 g/mol. The summed E-state index contributed by atoms with van der Waals surface area (Å²) in [5, 5.41) is 0. The first-order valence-corrected chi connectivity index (χ1v) is 5.98. The van der Waals surface area contributed by atoms with Gasteiger partial charge in [0, 0.05) is 0 Å². The number of allylic oxidation sites excluding steroid dienone is 6. The minimum Gasteiger partial charge on any atom is -0.115 e. The van der Waals surface area contributed by atoms with Crippen molar-refractivity contribution in [2.45, 2.75) is 47.0 Å². The Morgan fingerprint density at radius 2 is 2.12 bits per heavy atom. The molecule has 86 valence electrons. The van der Waals surface area contributed by atoms with Gasteiger partial charge in [-0.25, -0.2) is 0 Å². The smallest absolute Gasteiger partial charge is 0.00923 e. The lowest BCUT2D eigenvalue weighted by atomic mass is 9.72. The molecule has 1 aliphatic carbocycles. The molecular formula is C16H22. The summed E-state index contributed by atoms with van der Waals surface area (Å²) < 4.78 is 0. The van der Waals surface area contributed by atoms with Crippen molar-refractivity contribution < 1.29 is 0 Å². The lowest BCUT2D eigenvalue weighted by molar-refractivity contribution is 0.377. The number of hydrogen-bond donors (Lipinski definition) is 0. The van der Waals surface area contributed by atoms with Crippen molar-refractivity contribution in [1.29, 1.82) is 0 Å². The maximum atomic E-state index is 5.25. The topological polar surface area (TPSA) is 0 Å². The third kappa shape index (κ3) is 3.14. The Bertz CT molecular complexity index is 381. The van der Waals surface area contributed by atoms with Crippen molar-refractivity contribution in [1.82, 2.24) is 0 Å². The zero-order valence-corrected chi connectivity index (χ0v) is 10.9. The normalized spacial score (nSPS) is 21.3. The minimum atomic E-state index is 0.315. The van der Waals surface area contributed by atoms with Crippen LogP contribution in [0.1, 0.15) is 47.0 Å². The van der Waals surface area contributed by atoms with Crippen molar-refractivity contribution in [3.63, 3.8) is 0 Å². The van der Waals surface area contributed by atoms with Crippen LogP contribution in [0.3, 0.4) is 0 Å². The second-order valence-electron chi connectivity index (χ2n) is 5.32. The van der Waals surface area contributed by atoms with E-state index in [-0.39, 0.29) is 0 Å². The van der Waals surface area contributed by atoms with Crippen molar-refractivity contribution in [3.05, 3.63) is 34.9 Å². The molecule has 0 amide bonds. The second-order valence-corrected chi connectivity index (χ2v) is 5.32. The first-order valence-electron chi connectivity index (χ1n) is 5.98. The van der Waals surface area contributed by atoms with E-state index in [1.165, 1.54) is 30.4 Å². The van der Waals surface area contributed by atoms with Crippen LogP contribution in [0.5, 0.6) is 0 Å². The molecule has 0 fully saturated rings. The van der Waals surface area contributed by atoms with Crippen LogP contribution in [0, 0.1) is 17.8 Å². The molecule has 0 bridgehead atoms. The van der Waals surface area contributed by atoms with Crippen LogP contribution in [-0.4, -0.2) is 0 Å². The van der Waals surface area contributed by atoms with Gasteiger partial charge in [-0.1, -0.05) is 37.5 Å². The maximum absolute atomic E-state index is 5.25. The van der Waals surface area contributed by atoms with E-state index in [2.05, 4.69) is 38.8 Å². The molecule has 0 atom stereocenters. The molecule has 1 aliphatic rings. The van der Waals surface area contributed by atoms with Gasteiger partial charge in [0.05, 0.1) is 0 Å². The van der Waals surface area contributed by atoms with Crippen LogP contribution in [0.2, 0.25) is 0 Å². The Balaban J connectivity index is 2.95. The first-order chi connectivity index (χ1) is 7.47. The molecule has 1 rings (SSSR count). The molecule has 0 radical (unpaired) electrons. The average Bonchev–Trinajstić information content (AvgIpc) is 2.16. The van der Waals surface area contributed by atoms with Crippen molar-refractivity contribution in [3.8, 4) is 12.3 Å². The largest absolute Gasteiger partial charge is 0.115 e. The summed E-state index contributed by atoms with van der Waals surface area (Å²) in [6.07, 6.45) is 15.3. The molecule has 0 nitrogen and oxygen atoms in total. The van der Waals surface area contributed by atoms with Crippen molar-refractivity contribution >= 4 is 0 Å². The third-order valence-electron chi connectivity index (χ3n) is 3.37. The lowest BCUT2D eigenvalue weighted by Crippen LogP contribution is -2.19. The van der Waals surface area contributed by atoms with E-state index in [1.54, 1.807) is 0 Å². The number of rotatable bonds is 2. The van der Waals surface area contributed by atoms with Crippen LogP contribution in [-0.2, 0) is 0 Å². The zero-order chi connectivity index (χ0) is 12.2. The number of terminal acetylenes is 1. The molecule has 0 aromatic carbocycles. The SMILES string of the molecule is C#C/C=C(C)\C=C\C1=C(C)CCCC1(C)C. The van der Waals surface area contributed by atoms with Gasteiger partial charge in [-0.15, -0.1) is 6.42 Å². The monoisotopic (exact) mass is 214 g/mol. The highest BCUT2D eigenvalue weighted by atomic mass is 14.3. The molecule has 0 saturated carbocycles. The maximum Gasteiger partial charge on any atom is -0.00923 e.